The van der Waals surface area contributed by atoms with Crippen molar-refractivity contribution in [1.29, 1.82) is 5.26 Å². The number of ketones is 1. The van der Waals surface area contributed by atoms with Crippen molar-refractivity contribution in [3.8, 4) is 6.07 Å². The van der Waals surface area contributed by atoms with Crippen molar-refractivity contribution < 1.29 is 4.79 Å². The van der Waals surface area contributed by atoms with Gasteiger partial charge in [-0.1, -0.05) is 13.0 Å². The number of carbonyl (C=O) groups is 1. The molecule has 29 heavy (non-hydrogen) atoms. The normalized spacial score (nSPS) is 24.6. The molecule has 0 aromatic heterocycles. The molecule has 0 fully saturated rings. The van der Waals surface area contributed by atoms with Gasteiger partial charge in [-0.2, -0.15) is 5.26 Å². The first-order chi connectivity index (χ1) is 14.2. The number of nitriles is 1. The summed E-state index contributed by atoms with van der Waals surface area (Å²) in [4.78, 5) is 26.5. The first-order valence-electron chi connectivity index (χ1n) is 10.1. The molecule has 3 aliphatic heterocycles. The standard InChI is InChI=1S/C24H18N4O/c1-12-13(3-2-8-25)4-6-19-20(12)22-17-11-26-10-16(17)21-15-9-14(29)5-7-18(15)27-23(21)24(22)28-19/h4,6,9-13H,2-3,5,7H2,1H3. The number of hydrogen-bond acceptors (Lipinski definition) is 5. The van der Waals surface area contributed by atoms with Gasteiger partial charge in [0.2, 0.25) is 0 Å². The fourth-order valence-corrected chi connectivity index (χ4v) is 5.21. The van der Waals surface area contributed by atoms with Crippen LogP contribution >= 0.6 is 0 Å². The van der Waals surface area contributed by atoms with Crippen LogP contribution in [0, 0.1) is 23.2 Å². The summed E-state index contributed by atoms with van der Waals surface area (Å²) in [5.74, 6) is 0.767. The molecule has 1 aromatic carbocycles. The van der Waals surface area contributed by atoms with Gasteiger partial charge in [-0.05, 0) is 42.4 Å². The van der Waals surface area contributed by atoms with Crippen LogP contribution < -0.4 is 10.6 Å². The lowest BCUT2D eigenvalue weighted by molar-refractivity contribution is -0.114. The molecule has 140 valence electrons. The van der Waals surface area contributed by atoms with Gasteiger partial charge in [-0.3, -0.25) is 9.79 Å². The molecular weight excluding hydrogens is 360 g/mol. The SMILES string of the molecule is CC1C2=C(C=CC1CCC#N)N=c1c3c(c4c(c12)C=NC=4)C1=CC(=O)CCC1=N3. The van der Waals surface area contributed by atoms with E-state index in [0.717, 1.165) is 56.4 Å². The highest BCUT2D eigenvalue weighted by Crippen LogP contribution is 2.44. The van der Waals surface area contributed by atoms with Crippen LogP contribution in [-0.2, 0) is 4.79 Å². The summed E-state index contributed by atoms with van der Waals surface area (Å²) in [5, 5.41) is 11.0. The molecule has 3 heterocycles. The van der Waals surface area contributed by atoms with E-state index in [-0.39, 0.29) is 11.7 Å². The van der Waals surface area contributed by atoms with Crippen molar-refractivity contribution in [2.45, 2.75) is 32.6 Å². The largest absolute Gasteiger partial charge is 0.295 e. The van der Waals surface area contributed by atoms with E-state index < -0.39 is 0 Å². The second kappa shape index (κ2) is 5.81. The van der Waals surface area contributed by atoms with Gasteiger partial charge in [0.15, 0.2) is 5.78 Å². The number of allylic oxidation sites excluding steroid dienone is 5. The van der Waals surface area contributed by atoms with Gasteiger partial charge in [0.05, 0.1) is 22.8 Å². The minimum absolute atomic E-state index is 0.159. The third kappa shape index (κ3) is 2.14. The van der Waals surface area contributed by atoms with E-state index >= 15 is 0 Å². The molecule has 2 unspecified atom stereocenters. The molecule has 2 aliphatic carbocycles. The smallest absolute Gasteiger partial charge is 0.156 e. The molecule has 0 spiro atoms. The van der Waals surface area contributed by atoms with Gasteiger partial charge in [0, 0.05) is 58.4 Å². The Morgan fingerprint density at radius 1 is 1.24 bits per heavy atom. The number of hydrogen-bond donors (Lipinski definition) is 0. The zero-order valence-corrected chi connectivity index (χ0v) is 16.1. The van der Waals surface area contributed by atoms with E-state index in [0.29, 0.717) is 25.2 Å². The van der Waals surface area contributed by atoms with Crippen molar-refractivity contribution >= 4 is 40.7 Å². The van der Waals surface area contributed by atoms with E-state index in [9.17, 15) is 4.79 Å². The van der Waals surface area contributed by atoms with Gasteiger partial charge in [0.25, 0.3) is 0 Å². The van der Waals surface area contributed by atoms with Crippen molar-refractivity contribution in [3.05, 3.63) is 51.2 Å². The Bertz CT molecular complexity index is 1340. The Kier molecular flexibility index (Phi) is 3.31. The van der Waals surface area contributed by atoms with E-state index in [1.807, 2.05) is 12.4 Å². The third-order valence-electron chi connectivity index (χ3n) is 6.64. The van der Waals surface area contributed by atoms with Crippen LogP contribution in [0.25, 0.3) is 17.3 Å². The first-order valence-corrected chi connectivity index (χ1v) is 10.1. The number of aliphatic imine (C=N–C) groups is 2. The predicted molar refractivity (Wildman–Crippen MR) is 112 cm³/mol. The maximum Gasteiger partial charge on any atom is 0.156 e. The predicted octanol–water partition coefficient (Wildman–Crippen LogP) is 3.16. The molecule has 5 aliphatic rings. The molecule has 5 nitrogen and oxygen atoms in total. The lowest BCUT2D eigenvalue weighted by Gasteiger charge is -2.26. The highest BCUT2D eigenvalue weighted by Gasteiger charge is 2.36. The fourth-order valence-electron chi connectivity index (χ4n) is 5.21. The summed E-state index contributed by atoms with van der Waals surface area (Å²) < 4.78 is 0. The Balaban J connectivity index is 1.59. The van der Waals surface area contributed by atoms with E-state index in [1.165, 1.54) is 5.57 Å². The number of rotatable bonds is 2. The Morgan fingerprint density at radius 3 is 3.00 bits per heavy atom. The molecule has 0 saturated carbocycles. The maximum absolute atomic E-state index is 12.1. The second-order valence-electron chi connectivity index (χ2n) is 8.18. The van der Waals surface area contributed by atoms with Gasteiger partial charge in [-0.15, -0.1) is 0 Å². The quantitative estimate of drug-likeness (QED) is 0.792. The number of carbonyl (C=O) groups excluding carboxylic acids is 1. The monoisotopic (exact) mass is 378 g/mol. The van der Waals surface area contributed by atoms with Gasteiger partial charge < -0.3 is 0 Å². The number of nitrogens with zero attached hydrogens (tertiary/aromatic N) is 4. The Morgan fingerprint density at radius 2 is 2.14 bits per heavy atom. The summed E-state index contributed by atoms with van der Waals surface area (Å²) in [5.41, 5.74) is 8.31. The average Bonchev–Trinajstić information content (AvgIpc) is 3.41. The van der Waals surface area contributed by atoms with Gasteiger partial charge in [-0.25, -0.2) is 9.98 Å². The van der Waals surface area contributed by atoms with Crippen LogP contribution in [0.5, 0.6) is 0 Å². The summed E-state index contributed by atoms with van der Waals surface area (Å²) >= 11 is 0. The van der Waals surface area contributed by atoms with E-state index in [2.05, 4.69) is 30.1 Å². The summed E-state index contributed by atoms with van der Waals surface area (Å²) in [6.07, 6.45) is 12.5. The van der Waals surface area contributed by atoms with Crippen molar-refractivity contribution in [1.82, 2.24) is 0 Å². The lowest BCUT2D eigenvalue weighted by atomic mass is 9.76. The number of fused-ring (bicyclic) bond motifs is 9. The second-order valence-corrected chi connectivity index (χ2v) is 8.18. The zero-order chi connectivity index (χ0) is 19.7. The van der Waals surface area contributed by atoms with Gasteiger partial charge >= 0.3 is 0 Å². The minimum atomic E-state index is 0.159. The van der Waals surface area contributed by atoms with E-state index in [1.54, 1.807) is 6.08 Å². The molecule has 0 saturated heterocycles. The zero-order valence-electron chi connectivity index (χ0n) is 16.1. The molecule has 0 radical (unpaired) electrons. The summed E-state index contributed by atoms with van der Waals surface area (Å²) in [6.45, 7) is 2.23. The van der Waals surface area contributed by atoms with Crippen molar-refractivity contribution in [3.63, 3.8) is 0 Å². The van der Waals surface area contributed by atoms with Crippen molar-refractivity contribution in [2.24, 2.45) is 26.8 Å². The molecule has 2 atom stereocenters. The van der Waals surface area contributed by atoms with Crippen LogP contribution in [0.1, 0.15) is 49.3 Å². The molecule has 1 aromatic rings. The van der Waals surface area contributed by atoms with Crippen molar-refractivity contribution in [2.75, 3.05) is 0 Å². The number of benzene rings is 1. The molecule has 0 N–H and O–H groups in total. The first kappa shape index (κ1) is 16.6. The van der Waals surface area contributed by atoms with Crippen LogP contribution in [0.4, 0.5) is 5.69 Å². The molecule has 5 heteroatoms. The topological polar surface area (TPSA) is 77.9 Å². The Hall–Kier alpha value is -3.39. The van der Waals surface area contributed by atoms with Crippen LogP contribution in [0.3, 0.4) is 0 Å². The highest BCUT2D eigenvalue weighted by atomic mass is 16.1. The van der Waals surface area contributed by atoms with Crippen LogP contribution in [0.15, 0.2) is 38.9 Å². The average molecular weight is 378 g/mol. The van der Waals surface area contributed by atoms with Crippen LogP contribution in [0.2, 0.25) is 0 Å². The fraction of sp³-hybridized carbons (Fsp3) is 0.292. The molecular formula is C24H18N4O. The van der Waals surface area contributed by atoms with E-state index in [4.69, 9.17) is 15.2 Å². The Labute approximate surface area is 167 Å². The summed E-state index contributed by atoms with van der Waals surface area (Å²) in [6, 6.07) is 2.27. The molecule has 0 amide bonds. The minimum Gasteiger partial charge on any atom is -0.295 e. The maximum atomic E-state index is 12.1. The molecule has 0 bridgehead atoms. The third-order valence-corrected chi connectivity index (χ3v) is 6.64. The molecule has 6 rings (SSSR count). The van der Waals surface area contributed by atoms with Gasteiger partial charge in [0.1, 0.15) is 0 Å². The summed E-state index contributed by atoms with van der Waals surface area (Å²) in [7, 11) is 0. The highest BCUT2D eigenvalue weighted by molar-refractivity contribution is 6.34. The van der Waals surface area contributed by atoms with Crippen LogP contribution in [-0.4, -0.2) is 17.7 Å². The lowest BCUT2D eigenvalue weighted by Crippen LogP contribution is -2.25.